The maximum absolute atomic E-state index is 13.4. The van der Waals surface area contributed by atoms with Crippen LogP contribution in [-0.2, 0) is 12.6 Å². The normalized spacial score (nSPS) is 15.4. The second-order valence-electron chi connectivity index (χ2n) is 7.76. The Morgan fingerprint density at radius 1 is 1.03 bits per heavy atom. The van der Waals surface area contributed by atoms with E-state index in [-0.39, 0.29) is 12.1 Å². The molecule has 34 heavy (non-hydrogen) atoms. The van der Waals surface area contributed by atoms with Crippen molar-refractivity contribution in [3.05, 3.63) is 89.0 Å². The highest BCUT2D eigenvalue weighted by atomic mass is 19.4. The average Bonchev–Trinajstić information content (AvgIpc) is 2.83. The number of rotatable bonds is 4. The zero-order valence-electron chi connectivity index (χ0n) is 18.1. The van der Waals surface area contributed by atoms with Crippen LogP contribution in [0.15, 0.2) is 66.7 Å². The van der Waals surface area contributed by atoms with Crippen molar-refractivity contribution < 1.29 is 32.6 Å². The molecule has 1 atom stereocenters. The van der Waals surface area contributed by atoms with Gasteiger partial charge in [0.15, 0.2) is 0 Å². The summed E-state index contributed by atoms with van der Waals surface area (Å²) in [6.45, 7) is 0.209. The molecule has 1 unspecified atom stereocenters. The van der Waals surface area contributed by atoms with Gasteiger partial charge in [-0.05, 0) is 47.4 Å². The molecule has 0 saturated carbocycles. The minimum atomic E-state index is -4.49. The van der Waals surface area contributed by atoms with Gasteiger partial charge in [-0.25, -0.2) is 4.79 Å². The van der Waals surface area contributed by atoms with E-state index in [0.717, 1.165) is 22.6 Å². The molecule has 0 saturated heterocycles. The number of benzene rings is 3. The van der Waals surface area contributed by atoms with Crippen LogP contribution in [0.1, 0.15) is 33.2 Å². The second-order valence-corrected chi connectivity index (χ2v) is 7.76. The Morgan fingerprint density at radius 3 is 2.38 bits per heavy atom. The molecule has 3 aromatic rings. The summed E-state index contributed by atoms with van der Waals surface area (Å²) in [6, 6.07) is 16.4. The predicted molar refractivity (Wildman–Crippen MR) is 119 cm³/mol. The molecule has 9 heteroatoms. The van der Waals surface area contributed by atoms with E-state index in [1.165, 1.54) is 25.3 Å². The lowest BCUT2D eigenvalue weighted by molar-refractivity contribution is -0.137. The van der Waals surface area contributed by atoms with Gasteiger partial charge in [0, 0.05) is 12.1 Å². The molecule has 1 heterocycles. The summed E-state index contributed by atoms with van der Waals surface area (Å²) in [6.07, 6.45) is -6.06. The minimum absolute atomic E-state index is 0.146. The number of hydrogen-bond donors (Lipinski definition) is 2. The van der Waals surface area contributed by atoms with Gasteiger partial charge >= 0.3 is 12.3 Å². The van der Waals surface area contributed by atoms with Crippen LogP contribution in [0.25, 0.3) is 11.1 Å². The average molecular weight is 470 g/mol. The highest BCUT2D eigenvalue weighted by Gasteiger charge is 2.33. The van der Waals surface area contributed by atoms with Crippen LogP contribution in [0.3, 0.4) is 0 Å². The molecule has 0 spiro atoms. The molecule has 3 aromatic carbocycles. The van der Waals surface area contributed by atoms with Gasteiger partial charge < -0.3 is 15.2 Å². The van der Waals surface area contributed by atoms with Crippen LogP contribution < -0.4 is 10.1 Å². The second kappa shape index (κ2) is 9.09. The Labute approximate surface area is 193 Å². The van der Waals surface area contributed by atoms with E-state index in [2.05, 4.69) is 5.32 Å². The summed E-state index contributed by atoms with van der Waals surface area (Å²) < 4.78 is 44.4. The van der Waals surface area contributed by atoms with Crippen molar-refractivity contribution in [1.82, 2.24) is 10.2 Å². The van der Waals surface area contributed by atoms with Gasteiger partial charge in [0.1, 0.15) is 11.9 Å². The lowest BCUT2D eigenvalue weighted by Gasteiger charge is -2.35. The Morgan fingerprint density at radius 2 is 1.74 bits per heavy atom. The number of carbonyl (C=O) groups is 2. The van der Waals surface area contributed by atoms with Crippen LogP contribution in [-0.4, -0.2) is 35.7 Å². The summed E-state index contributed by atoms with van der Waals surface area (Å²) in [7, 11) is 1.40. The summed E-state index contributed by atoms with van der Waals surface area (Å²) in [5.74, 6) is -0.284. The van der Waals surface area contributed by atoms with Crippen LogP contribution in [0.5, 0.6) is 5.75 Å². The van der Waals surface area contributed by atoms with Gasteiger partial charge in [-0.3, -0.25) is 9.69 Å². The van der Waals surface area contributed by atoms with E-state index in [4.69, 9.17) is 4.74 Å². The first kappa shape index (κ1) is 23.2. The SMILES string of the molecule is COc1cccc(C(=O)NC2c3ccccc3CCN2C(=O)O)c1-c1ccc(C(F)(F)F)cc1. The van der Waals surface area contributed by atoms with E-state index in [1.807, 2.05) is 12.1 Å². The van der Waals surface area contributed by atoms with E-state index in [9.17, 15) is 27.9 Å². The molecule has 0 bridgehead atoms. The van der Waals surface area contributed by atoms with Crippen molar-refractivity contribution in [2.24, 2.45) is 0 Å². The quantitative estimate of drug-likeness (QED) is 0.539. The number of amides is 2. The molecule has 1 aliphatic heterocycles. The first-order valence-corrected chi connectivity index (χ1v) is 10.4. The van der Waals surface area contributed by atoms with E-state index in [0.29, 0.717) is 28.9 Å². The number of methoxy groups -OCH3 is 1. The Kier molecular flexibility index (Phi) is 6.19. The number of nitrogens with one attached hydrogen (secondary N) is 1. The van der Waals surface area contributed by atoms with E-state index < -0.39 is 29.9 Å². The maximum atomic E-state index is 13.4. The number of carbonyl (C=O) groups excluding carboxylic acids is 1. The fourth-order valence-corrected chi connectivity index (χ4v) is 4.14. The standard InChI is InChI=1S/C25H21F3N2O4/c1-34-20-8-4-7-19(21(20)16-9-11-17(12-10-16)25(26,27)28)23(31)29-22-18-6-3-2-5-15(18)13-14-30(22)24(32)33/h2-12,22H,13-14H2,1H3,(H,29,31)(H,32,33). The van der Waals surface area contributed by atoms with Crippen molar-refractivity contribution in [3.8, 4) is 16.9 Å². The summed E-state index contributed by atoms with van der Waals surface area (Å²) in [4.78, 5) is 26.4. The highest BCUT2D eigenvalue weighted by molar-refractivity contribution is 6.02. The number of alkyl halides is 3. The zero-order chi connectivity index (χ0) is 24.5. The summed E-state index contributed by atoms with van der Waals surface area (Å²) >= 11 is 0. The lowest BCUT2D eigenvalue weighted by atomic mass is 9.95. The lowest BCUT2D eigenvalue weighted by Crippen LogP contribution is -2.47. The zero-order valence-corrected chi connectivity index (χ0v) is 18.1. The van der Waals surface area contributed by atoms with Crippen molar-refractivity contribution in [1.29, 1.82) is 0 Å². The molecular formula is C25H21F3N2O4. The Balaban J connectivity index is 1.74. The van der Waals surface area contributed by atoms with Crippen LogP contribution in [0, 0.1) is 0 Å². The fourth-order valence-electron chi connectivity index (χ4n) is 4.14. The first-order chi connectivity index (χ1) is 16.2. The number of carboxylic acid groups (broad SMARTS) is 1. The number of fused-ring (bicyclic) bond motifs is 1. The van der Waals surface area contributed by atoms with Crippen LogP contribution >= 0.6 is 0 Å². The van der Waals surface area contributed by atoms with Crippen molar-refractivity contribution in [2.75, 3.05) is 13.7 Å². The van der Waals surface area contributed by atoms with Crippen LogP contribution in [0.2, 0.25) is 0 Å². The van der Waals surface area contributed by atoms with Gasteiger partial charge in [-0.15, -0.1) is 0 Å². The van der Waals surface area contributed by atoms with Gasteiger partial charge in [0.05, 0.1) is 18.2 Å². The fraction of sp³-hybridized carbons (Fsp3) is 0.200. The number of ether oxygens (including phenoxy) is 1. The molecule has 176 valence electrons. The van der Waals surface area contributed by atoms with Gasteiger partial charge in [0.2, 0.25) is 0 Å². The summed E-state index contributed by atoms with van der Waals surface area (Å²) in [5, 5.41) is 12.5. The van der Waals surface area contributed by atoms with Crippen molar-refractivity contribution in [2.45, 2.75) is 18.8 Å². The largest absolute Gasteiger partial charge is 0.496 e. The first-order valence-electron chi connectivity index (χ1n) is 10.4. The molecular weight excluding hydrogens is 449 g/mol. The molecule has 2 amide bonds. The predicted octanol–water partition coefficient (Wildman–Crippen LogP) is 5.35. The van der Waals surface area contributed by atoms with E-state index in [1.54, 1.807) is 24.3 Å². The molecule has 1 aliphatic rings. The minimum Gasteiger partial charge on any atom is -0.496 e. The third-order valence-corrected chi connectivity index (χ3v) is 5.79. The molecule has 0 fully saturated rings. The smallest absolute Gasteiger partial charge is 0.416 e. The summed E-state index contributed by atoms with van der Waals surface area (Å²) in [5.41, 5.74) is 1.60. The highest BCUT2D eigenvalue weighted by Crippen LogP contribution is 2.37. The number of nitrogens with zero attached hydrogens (tertiary/aromatic N) is 1. The molecule has 0 aromatic heterocycles. The Bertz CT molecular complexity index is 1230. The number of hydrogen-bond acceptors (Lipinski definition) is 3. The van der Waals surface area contributed by atoms with Gasteiger partial charge in [-0.1, -0.05) is 42.5 Å². The molecule has 6 nitrogen and oxygen atoms in total. The molecule has 0 aliphatic carbocycles. The molecule has 0 radical (unpaired) electrons. The molecule has 4 rings (SSSR count). The van der Waals surface area contributed by atoms with Gasteiger partial charge in [-0.2, -0.15) is 13.2 Å². The van der Waals surface area contributed by atoms with Crippen molar-refractivity contribution in [3.63, 3.8) is 0 Å². The monoisotopic (exact) mass is 470 g/mol. The van der Waals surface area contributed by atoms with E-state index >= 15 is 0 Å². The maximum Gasteiger partial charge on any atom is 0.416 e. The van der Waals surface area contributed by atoms with Crippen molar-refractivity contribution >= 4 is 12.0 Å². The third kappa shape index (κ3) is 4.41. The third-order valence-electron chi connectivity index (χ3n) is 5.79. The molecule has 2 N–H and O–H groups in total. The topological polar surface area (TPSA) is 78.9 Å². The number of halogens is 3. The van der Waals surface area contributed by atoms with Gasteiger partial charge in [0.25, 0.3) is 5.91 Å². The van der Waals surface area contributed by atoms with Crippen LogP contribution in [0.4, 0.5) is 18.0 Å². The Hall–Kier alpha value is -4.01.